The van der Waals surface area contributed by atoms with E-state index in [0.29, 0.717) is 38.1 Å². The highest BCUT2D eigenvalue weighted by Crippen LogP contribution is 2.58. The maximum absolute atomic E-state index is 14.8. The number of nitrogens with zero attached hydrogens (tertiary/aromatic N) is 4. The number of benzene rings is 1. The first-order valence-electron chi connectivity index (χ1n) is 22.1. The van der Waals surface area contributed by atoms with E-state index in [4.69, 9.17) is 19.4 Å². The van der Waals surface area contributed by atoms with E-state index in [1.165, 1.54) is 0 Å². The summed E-state index contributed by atoms with van der Waals surface area (Å²) in [5.74, 6) is -2.62. The monoisotopic (exact) mass is 877 g/mol. The van der Waals surface area contributed by atoms with Gasteiger partial charge in [-0.25, -0.2) is 13.4 Å². The number of esters is 1. The van der Waals surface area contributed by atoms with Crippen molar-refractivity contribution < 1.29 is 37.1 Å². The second-order valence-corrected chi connectivity index (χ2v) is 23.1. The van der Waals surface area contributed by atoms with Gasteiger partial charge in [0.1, 0.15) is 22.2 Å². The predicted molar refractivity (Wildman–Crippen MR) is 236 cm³/mol. The molecule has 5 atom stereocenters. The lowest BCUT2D eigenvalue weighted by Gasteiger charge is -2.29. The van der Waals surface area contributed by atoms with Crippen LogP contribution in [0.25, 0.3) is 21.6 Å². The van der Waals surface area contributed by atoms with Crippen LogP contribution in [0.5, 0.6) is 6.01 Å². The Morgan fingerprint density at radius 3 is 2.46 bits per heavy atom. The molecular formula is C46H63N5O8S2. The number of sulfonamides is 1. The number of amides is 2. The third-order valence-electron chi connectivity index (χ3n) is 12.9. The van der Waals surface area contributed by atoms with E-state index in [2.05, 4.69) is 25.5 Å². The number of ketones is 1. The zero-order valence-corrected chi connectivity index (χ0v) is 38.8. The summed E-state index contributed by atoms with van der Waals surface area (Å²) < 4.78 is 42.4. The Hall–Kier alpha value is -4.11. The van der Waals surface area contributed by atoms with Gasteiger partial charge in [-0.3, -0.25) is 28.5 Å². The number of Topliss-reactive ketones (excluding diaryl/α,β-unsaturated/α-hetero) is 1. The molecule has 1 N–H and O–H groups in total. The smallest absolute Gasteiger partial charge is 0.307 e. The molecule has 2 saturated carbocycles. The van der Waals surface area contributed by atoms with Crippen LogP contribution in [0.15, 0.2) is 30.4 Å². The summed E-state index contributed by atoms with van der Waals surface area (Å²) in [6, 6.07) is 5.34. The Balaban J connectivity index is 1.23. The van der Waals surface area contributed by atoms with Gasteiger partial charge in [-0.2, -0.15) is 4.98 Å². The van der Waals surface area contributed by atoms with Crippen molar-refractivity contribution in [3.63, 3.8) is 0 Å². The van der Waals surface area contributed by atoms with Crippen LogP contribution < -0.4 is 9.46 Å². The molecule has 13 nitrogen and oxygen atoms in total. The second-order valence-electron chi connectivity index (χ2n) is 19.7. The molecule has 3 fully saturated rings. The number of ether oxygens (including phenoxy) is 2. The molecule has 15 heteroatoms. The Kier molecular flexibility index (Phi) is 12.4. The van der Waals surface area contributed by atoms with E-state index in [1.54, 1.807) is 43.9 Å². The van der Waals surface area contributed by atoms with Crippen molar-refractivity contribution in [3.8, 4) is 16.6 Å². The van der Waals surface area contributed by atoms with Crippen LogP contribution in [0.2, 0.25) is 0 Å². The maximum atomic E-state index is 14.8. The van der Waals surface area contributed by atoms with Gasteiger partial charge in [0, 0.05) is 35.2 Å². The van der Waals surface area contributed by atoms with Crippen molar-refractivity contribution in [2.24, 2.45) is 17.3 Å². The molecule has 2 aliphatic carbocycles. The summed E-state index contributed by atoms with van der Waals surface area (Å²) in [7, 11) is -3.96. The SMILES string of the molecule is Cc1sc(-c2cccc3c2nc(O[C@@H]2C[C@H]4C(=O)C[C@]5(C(=O)NS(=O)(=O)C6(C)CC6)C[C@@H]5/C=C\CCCCC[C@H](CC(=O)OC(C)(C)C)C(=O)N4C2)n3C(C)C)nc1C(C)C. The number of carbonyl (C=O) groups excluding carboxylic acids is 4. The van der Waals surface area contributed by atoms with E-state index in [1.807, 2.05) is 48.8 Å². The minimum absolute atomic E-state index is 0.0553. The highest BCUT2D eigenvalue weighted by Gasteiger charge is 2.62. The van der Waals surface area contributed by atoms with E-state index in [9.17, 15) is 27.6 Å². The fourth-order valence-electron chi connectivity index (χ4n) is 9.06. The van der Waals surface area contributed by atoms with Gasteiger partial charge in [0.25, 0.3) is 6.01 Å². The standard InChI is InChI=1S/C46H63N5O8S2/c1-27(2)38-29(5)60-40(47-38)33-18-15-19-34-39(33)48-43(51(34)28(3)4)58-32-23-35-36(52)25-46(42(55)49-61(56,57)45(9)20-21-45)24-31(46)17-14-12-10-11-13-16-30(41(54)50(35)26-32)22-37(53)59-44(6,7)8/h14-15,17-19,27-28,30-32,35H,10-13,16,20-26H2,1-9H3,(H,49,55)/b17-14-/t30-,31+,32-,35+,46-/m1/s1. The molecule has 0 spiro atoms. The van der Waals surface area contributed by atoms with Crippen LogP contribution in [0, 0.1) is 24.2 Å². The number of fused-ring (bicyclic) bond motifs is 3. The van der Waals surface area contributed by atoms with Gasteiger partial charge in [-0.15, -0.1) is 11.3 Å². The van der Waals surface area contributed by atoms with Crippen LogP contribution in [-0.2, 0) is 33.9 Å². The summed E-state index contributed by atoms with van der Waals surface area (Å²) in [6.45, 7) is 17.5. The number of aryl methyl sites for hydroxylation is 1. The molecule has 3 aromatic rings. The fourth-order valence-corrected chi connectivity index (χ4v) is 11.5. The summed E-state index contributed by atoms with van der Waals surface area (Å²) in [6.07, 6.45) is 7.86. The topological polar surface area (TPSA) is 167 Å². The minimum Gasteiger partial charge on any atom is -0.460 e. The maximum Gasteiger partial charge on any atom is 0.307 e. The van der Waals surface area contributed by atoms with Crippen molar-refractivity contribution in [3.05, 3.63) is 40.9 Å². The molecule has 2 aromatic heterocycles. The minimum atomic E-state index is -3.96. The summed E-state index contributed by atoms with van der Waals surface area (Å²) in [5, 5.41) is 0.871. The Labute approximate surface area is 364 Å². The predicted octanol–water partition coefficient (Wildman–Crippen LogP) is 8.35. The highest BCUT2D eigenvalue weighted by molar-refractivity contribution is 7.91. The number of aromatic nitrogens is 3. The zero-order valence-electron chi connectivity index (χ0n) is 37.2. The number of nitrogens with one attached hydrogen (secondary N) is 1. The third kappa shape index (κ3) is 9.33. The number of rotatable bonds is 10. The molecule has 1 saturated heterocycles. The number of para-hydroxylation sites is 1. The average Bonchev–Trinajstić information content (AvgIpc) is 3.89. The van der Waals surface area contributed by atoms with Gasteiger partial charge in [-0.1, -0.05) is 44.9 Å². The first-order valence-corrected chi connectivity index (χ1v) is 24.4. The van der Waals surface area contributed by atoms with E-state index < -0.39 is 55.7 Å². The molecule has 2 aliphatic heterocycles. The molecule has 7 rings (SSSR count). The molecule has 1 aromatic carbocycles. The van der Waals surface area contributed by atoms with Crippen LogP contribution >= 0.6 is 11.3 Å². The summed E-state index contributed by atoms with van der Waals surface area (Å²) in [4.78, 5) is 69.7. The van der Waals surface area contributed by atoms with Crippen LogP contribution in [0.3, 0.4) is 0 Å². The molecular weight excluding hydrogens is 815 g/mol. The largest absolute Gasteiger partial charge is 0.460 e. The number of imidazole rings is 1. The lowest BCUT2D eigenvalue weighted by atomic mass is 9.90. The molecule has 61 heavy (non-hydrogen) atoms. The number of carbonyl (C=O) groups is 4. The zero-order chi connectivity index (χ0) is 44.2. The molecule has 332 valence electrons. The molecule has 4 aliphatic rings. The van der Waals surface area contributed by atoms with Gasteiger partial charge in [0.2, 0.25) is 21.8 Å². The van der Waals surface area contributed by atoms with Crippen molar-refractivity contribution >= 4 is 56.0 Å². The number of hydrogen-bond acceptors (Lipinski definition) is 11. The quantitative estimate of drug-likeness (QED) is 0.155. The lowest BCUT2D eigenvalue weighted by molar-refractivity contribution is -0.159. The number of thiazole rings is 1. The number of allylic oxidation sites excluding steroid dienone is 2. The molecule has 0 radical (unpaired) electrons. The summed E-state index contributed by atoms with van der Waals surface area (Å²) >= 11 is 1.63. The first-order chi connectivity index (χ1) is 28.6. The lowest BCUT2D eigenvalue weighted by Crippen LogP contribution is -2.47. The molecule has 0 unspecified atom stereocenters. The normalized spacial score (nSPS) is 26.4. The fraction of sp³-hybridized carbons (Fsp3) is 0.652. The Bertz CT molecular complexity index is 2330. The molecule has 0 bridgehead atoms. The van der Waals surface area contributed by atoms with Crippen LogP contribution in [0.1, 0.15) is 149 Å². The first kappa shape index (κ1) is 44.9. The van der Waals surface area contributed by atoms with Crippen LogP contribution in [0.4, 0.5) is 0 Å². The van der Waals surface area contributed by atoms with E-state index in [-0.39, 0.29) is 55.4 Å². The van der Waals surface area contributed by atoms with Gasteiger partial charge < -0.3 is 14.4 Å². The molecule has 2 amide bonds. The van der Waals surface area contributed by atoms with E-state index >= 15 is 0 Å². The van der Waals surface area contributed by atoms with Gasteiger partial charge in [0.05, 0.1) is 40.4 Å². The molecule has 4 heterocycles. The number of hydrogen-bond donors (Lipinski definition) is 1. The Morgan fingerprint density at radius 2 is 1.80 bits per heavy atom. The van der Waals surface area contributed by atoms with Crippen molar-refractivity contribution in [2.45, 2.75) is 167 Å². The van der Waals surface area contributed by atoms with Gasteiger partial charge in [-0.05, 0) is 111 Å². The Morgan fingerprint density at radius 1 is 1.07 bits per heavy atom. The summed E-state index contributed by atoms with van der Waals surface area (Å²) in [5.41, 5.74) is 1.55. The van der Waals surface area contributed by atoms with Crippen molar-refractivity contribution in [2.75, 3.05) is 6.54 Å². The van der Waals surface area contributed by atoms with Crippen molar-refractivity contribution in [1.82, 2.24) is 24.2 Å². The van der Waals surface area contributed by atoms with Gasteiger partial charge in [0.15, 0.2) is 5.78 Å². The van der Waals surface area contributed by atoms with Crippen LogP contribution in [-0.4, -0.2) is 80.5 Å². The van der Waals surface area contributed by atoms with E-state index in [0.717, 1.165) is 51.4 Å². The third-order valence-corrected chi connectivity index (χ3v) is 16.1. The average molecular weight is 878 g/mol. The van der Waals surface area contributed by atoms with Crippen molar-refractivity contribution in [1.29, 1.82) is 0 Å². The second kappa shape index (κ2) is 16.9. The van der Waals surface area contributed by atoms with Gasteiger partial charge >= 0.3 is 5.97 Å². The highest BCUT2D eigenvalue weighted by atomic mass is 32.2.